The highest BCUT2D eigenvalue weighted by atomic mass is 16.6. The van der Waals surface area contributed by atoms with E-state index in [4.69, 9.17) is 19.1 Å². The molecule has 0 aliphatic heterocycles. The summed E-state index contributed by atoms with van der Waals surface area (Å²) in [5, 5.41) is 7.72. The lowest BCUT2D eigenvalue weighted by molar-refractivity contribution is -0.132. The Hall–Kier alpha value is -3.35. The minimum Gasteiger partial charge on any atom is -0.489 e. The van der Waals surface area contributed by atoms with Gasteiger partial charge in [0.25, 0.3) is 0 Å². The van der Waals surface area contributed by atoms with Crippen LogP contribution in [0, 0.1) is 0 Å². The van der Waals surface area contributed by atoms with Gasteiger partial charge in [0, 0.05) is 11.1 Å². The number of ether oxygens (including phenoxy) is 2. The van der Waals surface area contributed by atoms with E-state index in [1.807, 2.05) is 43.3 Å². The molecule has 27 heavy (non-hydrogen) atoms. The molecule has 142 valence electrons. The second kappa shape index (κ2) is 9.96. The van der Waals surface area contributed by atoms with Crippen LogP contribution in [0.5, 0.6) is 5.75 Å². The minimum absolute atomic E-state index is 0.0797. The van der Waals surface area contributed by atoms with Gasteiger partial charge < -0.3 is 19.1 Å². The third-order valence-corrected chi connectivity index (χ3v) is 3.71. The Labute approximate surface area is 158 Å². The summed E-state index contributed by atoms with van der Waals surface area (Å²) in [7, 11) is 4.17. The molecule has 2 aromatic carbocycles. The summed E-state index contributed by atoms with van der Waals surface area (Å²) in [6, 6.07) is 14.8. The summed E-state index contributed by atoms with van der Waals surface area (Å²) in [6.07, 6.45) is 0. The van der Waals surface area contributed by atoms with Crippen molar-refractivity contribution >= 4 is 17.4 Å². The van der Waals surface area contributed by atoms with E-state index in [2.05, 4.69) is 10.3 Å². The Kier molecular flexibility index (Phi) is 7.37. The molecule has 0 N–H and O–H groups in total. The van der Waals surface area contributed by atoms with Crippen LogP contribution >= 0.6 is 0 Å². The Bertz CT molecular complexity index is 846. The van der Waals surface area contributed by atoms with Crippen molar-refractivity contribution in [3.63, 3.8) is 0 Å². The molecule has 7 nitrogen and oxygen atoms in total. The molecule has 0 unspecified atom stereocenters. The van der Waals surface area contributed by atoms with Gasteiger partial charge in [-0.15, -0.1) is 0 Å². The van der Waals surface area contributed by atoms with Crippen molar-refractivity contribution in [1.82, 2.24) is 0 Å². The maximum Gasteiger partial charge on any atom is 0.360 e. The summed E-state index contributed by atoms with van der Waals surface area (Å²) in [6.45, 7) is 2.08. The average Bonchev–Trinajstić information content (AvgIpc) is 2.70. The summed E-state index contributed by atoms with van der Waals surface area (Å²) in [5.74, 6) is 0.0777. The highest BCUT2D eigenvalue weighted by Gasteiger charge is 2.19. The van der Waals surface area contributed by atoms with Gasteiger partial charge in [0.1, 0.15) is 26.6 Å². The van der Waals surface area contributed by atoms with Gasteiger partial charge in [-0.2, -0.15) is 0 Å². The first-order valence-corrected chi connectivity index (χ1v) is 8.19. The van der Waals surface area contributed by atoms with E-state index < -0.39 is 5.97 Å². The number of oxime groups is 2. The third kappa shape index (κ3) is 5.31. The van der Waals surface area contributed by atoms with Gasteiger partial charge in [-0.25, -0.2) is 4.79 Å². The van der Waals surface area contributed by atoms with Crippen LogP contribution in [0.1, 0.15) is 23.6 Å². The maximum atomic E-state index is 12.0. The van der Waals surface area contributed by atoms with Crippen LogP contribution in [-0.2, 0) is 25.8 Å². The summed E-state index contributed by atoms with van der Waals surface area (Å²) < 4.78 is 10.7. The highest BCUT2D eigenvalue weighted by Crippen LogP contribution is 2.18. The fourth-order valence-corrected chi connectivity index (χ4v) is 2.42. The van der Waals surface area contributed by atoms with Gasteiger partial charge in [0.15, 0.2) is 5.71 Å². The van der Waals surface area contributed by atoms with Gasteiger partial charge in [0.05, 0.1) is 12.8 Å². The van der Waals surface area contributed by atoms with Crippen LogP contribution in [-0.4, -0.2) is 38.7 Å². The lowest BCUT2D eigenvalue weighted by atomic mass is 10.0. The summed E-state index contributed by atoms with van der Waals surface area (Å²) in [4.78, 5) is 21.6. The molecule has 0 radical (unpaired) electrons. The fourth-order valence-electron chi connectivity index (χ4n) is 2.42. The van der Waals surface area contributed by atoms with E-state index in [-0.39, 0.29) is 12.3 Å². The number of rotatable bonds is 8. The zero-order valence-electron chi connectivity index (χ0n) is 15.8. The Morgan fingerprint density at radius 1 is 0.963 bits per heavy atom. The van der Waals surface area contributed by atoms with E-state index in [9.17, 15) is 4.79 Å². The predicted octanol–water partition coefficient (Wildman–Crippen LogP) is 3.16. The smallest absolute Gasteiger partial charge is 0.360 e. The zero-order chi connectivity index (χ0) is 19.6. The number of methoxy groups -OCH3 is 1. The first-order valence-electron chi connectivity index (χ1n) is 8.19. The molecule has 0 fully saturated rings. The van der Waals surface area contributed by atoms with Crippen molar-refractivity contribution in [2.75, 3.05) is 21.3 Å². The van der Waals surface area contributed by atoms with E-state index in [0.717, 1.165) is 16.8 Å². The topological polar surface area (TPSA) is 78.7 Å². The molecular weight excluding hydrogens is 348 g/mol. The molecule has 0 atom stereocenters. The lowest BCUT2D eigenvalue weighted by Crippen LogP contribution is -2.19. The third-order valence-electron chi connectivity index (χ3n) is 3.71. The number of esters is 1. The Morgan fingerprint density at radius 3 is 2.41 bits per heavy atom. The van der Waals surface area contributed by atoms with Crippen LogP contribution in [0.2, 0.25) is 0 Å². The van der Waals surface area contributed by atoms with Gasteiger partial charge >= 0.3 is 5.97 Å². The molecule has 0 heterocycles. The molecule has 2 rings (SSSR count). The number of carbonyl (C=O) groups is 1. The molecule has 0 amide bonds. The summed E-state index contributed by atoms with van der Waals surface area (Å²) in [5.41, 5.74) is 3.06. The normalized spacial score (nSPS) is 11.7. The SMILES string of the molecule is CON=C(C)c1cccc(OCc2ccccc2/C(=N\OC)C(=O)OC)c1. The van der Waals surface area contributed by atoms with Crippen LogP contribution in [0.25, 0.3) is 0 Å². The molecule has 0 saturated carbocycles. The molecule has 7 heteroatoms. The predicted molar refractivity (Wildman–Crippen MR) is 102 cm³/mol. The van der Waals surface area contributed by atoms with Gasteiger partial charge in [-0.05, 0) is 24.6 Å². The van der Waals surface area contributed by atoms with Crippen molar-refractivity contribution in [3.8, 4) is 5.75 Å². The van der Waals surface area contributed by atoms with Gasteiger partial charge in [0.2, 0.25) is 0 Å². The second-order valence-electron chi connectivity index (χ2n) is 5.45. The molecule has 0 aliphatic rings. The standard InChI is InChI=1S/C20H22N2O5/c1-14(21-25-3)15-9-7-10-17(12-15)27-13-16-8-5-6-11-18(16)19(22-26-4)20(23)24-2/h5-12H,13H2,1-4H3/b21-14?,22-19+. The number of nitrogens with zero attached hydrogens (tertiary/aromatic N) is 2. The molecule has 0 bridgehead atoms. The van der Waals surface area contributed by atoms with E-state index in [1.54, 1.807) is 12.1 Å². The quantitative estimate of drug-likeness (QED) is 0.405. The largest absolute Gasteiger partial charge is 0.489 e. The number of hydrogen-bond acceptors (Lipinski definition) is 7. The molecule has 0 spiro atoms. The van der Waals surface area contributed by atoms with Crippen molar-refractivity contribution in [2.24, 2.45) is 10.3 Å². The van der Waals surface area contributed by atoms with Gasteiger partial charge in [-0.1, -0.05) is 46.7 Å². The van der Waals surface area contributed by atoms with Crippen molar-refractivity contribution in [3.05, 3.63) is 65.2 Å². The fraction of sp³-hybridized carbons (Fsp3) is 0.250. The van der Waals surface area contributed by atoms with Gasteiger partial charge in [-0.3, -0.25) is 0 Å². The molecule has 0 aliphatic carbocycles. The van der Waals surface area contributed by atoms with E-state index >= 15 is 0 Å². The number of benzene rings is 2. The maximum absolute atomic E-state index is 12.0. The monoisotopic (exact) mass is 370 g/mol. The first-order chi connectivity index (χ1) is 13.1. The molecule has 0 saturated heterocycles. The van der Waals surface area contributed by atoms with Crippen LogP contribution in [0.4, 0.5) is 0 Å². The van der Waals surface area contributed by atoms with Crippen LogP contribution in [0.3, 0.4) is 0 Å². The zero-order valence-corrected chi connectivity index (χ0v) is 15.8. The summed E-state index contributed by atoms with van der Waals surface area (Å²) >= 11 is 0. The Balaban J connectivity index is 2.25. The number of hydrogen-bond donors (Lipinski definition) is 0. The minimum atomic E-state index is -0.585. The van der Waals surface area contributed by atoms with Crippen molar-refractivity contribution < 1.29 is 23.9 Å². The molecular formula is C20H22N2O5. The van der Waals surface area contributed by atoms with Crippen LogP contribution in [0.15, 0.2) is 58.8 Å². The first kappa shape index (κ1) is 20.0. The van der Waals surface area contributed by atoms with Crippen molar-refractivity contribution in [1.29, 1.82) is 0 Å². The molecule has 0 aromatic heterocycles. The molecule has 2 aromatic rings. The van der Waals surface area contributed by atoms with Crippen molar-refractivity contribution in [2.45, 2.75) is 13.5 Å². The lowest BCUT2D eigenvalue weighted by Gasteiger charge is -2.12. The second-order valence-corrected chi connectivity index (χ2v) is 5.45. The highest BCUT2D eigenvalue weighted by molar-refractivity contribution is 6.43. The average molecular weight is 370 g/mol. The van der Waals surface area contributed by atoms with E-state index in [1.165, 1.54) is 21.3 Å². The van der Waals surface area contributed by atoms with Crippen LogP contribution < -0.4 is 4.74 Å². The Morgan fingerprint density at radius 2 is 1.70 bits per heavy atom. The van der Waals surface area contributed by atoms with E-state index in [0.29, 0.717) is 11.3 Å². The number of carbonyl (C=O) groups excluding carboxylic acids is 1.